The highest BCUT2D eigenvalue weighted by atomic mass is 14.1. The number of hydrogen-bond donors (Lipinski definition) is 0. The summed E-state index contributed by atoms with van der Waals surface area (Å²) in [5.74, 6) is 3.31. The van der Waals surface area contributed by atoms with Gasteiger partial charge in [-0.3, -0.25) is 0 Å². The molecular formula is C14H17. The second kappa shape index (κ2) is 4.86. The van der Waals surface area contributed by atoms with E-state index < -0.39 is 0 Å². The maximum absolute atomic E-state index is 7.19. The van der Waals surface area contributed by atoms with Crippen molar-refractivity contribution in [3.8, 4) is 5.92 Å². The Hall–Kier alpha value is -1.22. The molecule has 0 aliphatic rings. The number of benzene rings is 1. The lowest BCUT2D eigenvalue weighted by Gasteiger charge is -2.10. The lowest BCUT2D eigenvalue weighted by molar-refractivity contribution is 0.822. The molecule has 0 saturated heterocycles. The van der Waals surface area contributed by atoms with Crippen LogP contribution in [0.4, 0.5) is 0 Å². The van der Waals surface area contributed by atoms with Crippen molar-refractivity contribution in [3.63, 3.8) is 0 Å². The van der Waals surface area contributed by atoms with Crippen molar-refractivity contribution < 1.29 is 0 Å². The summed E-state index contributed by atoms with van der Waals surface area (Å²) < 4.78 is 0. The molecule has 0 nitrogen and oxygen atoms in total. The highest BCUT2D eigenvalue weighted by molar-refractivity contribution is 5.30. The normalized spacial score (nSPS) is 12.5. The van der Waals surface area contributed by atoms with Crippen LogP contribution in [0.25, 0.3) is 0 Å². The molecule has 0 fully saturated rings. The fraction of sp³-hybridized carbons (Fsp3) is 0.429. The van der Waals surface area contributed by atoms with Crippen molar-refractivity contribution >= 4 is 0 Å². The van der Waals surface area contributed by atoms with Gasteiger partial charge in [-0.15, -0.1) is 0 Å². The predicted molar refractivity (Wildman–Crippen MR) is 60.7 cm³/mol. The van der Waals surface area contributed by atoms with Gasteiger partial charge in [0.15, 0.2) is 0 Å². The molecule has 0 saturated carbocycles. The molecule has 0 N–H and O–H groups in total. The van der Waals surface area contributed by atoms with Gasteiger partial charge in [-0.25, -0.2) is 0 Å². The van der Waals surface area contributed by atoms with Gasteiger partial charge in [0.1, 0.15) is 0 Å². The van der Waals surface area contributed by atoms with E-state index in [4.69, 9.17) is 6.42 Å². The SMILES string of the molecule is [C]#CC(CC)c1ccc(C(C)C)cc1. The molecule has 1 rings (SSSR count). The molecule has 0 aliphatic carbocycles. The zero-order chi connectivity index (χ0) is 10.6. The van der Waals surface area contributed by atoms with Crippen molar-refractivity contribution in [1.29, 1.82) is 0 Å². The minimum atomic E-state index is 0.163. The zero-order valence-corrected chi connectivity index (χ0v) is 9.17. The third-order valence-corrected chi connectivity index (χ3v) is 2.59. The van der Waals surface area contributed by atoms with Gasteiger partial charge in [0, 0.05) is 5.92 Å². The van der Waals surface area contributed by atoms with Crippen LogP contribution in [0.5, 0.6) is 0 Å². The maximum atomic E-state index is 7.19. The van der Waals surface area contributed by atoms with Gasteiger partial charge in [0.25, 0.3) is 0 Å². The Morgan fingerprint density at radius 1 is 1.14 bits per heavy atom. The van der Waals surface area contributed by atoms with Crippen molar-refractivity contribution in [2.24, 2.45) is 0 Å². The average molecular weight is 185 g/mol. The molecule has 0 amide bonds. The second-order valence-electron chi connectivity index (χ2n) is 3.93. The van der Waals surface area contributed by atoms with Crippen LogP contribution in [0, 0.1) is 12.3 Å². The summed E-state index contributed by atoms with van der Waals surface area (Å²) in [5, 5.41) is 0. The molecule has 73 valence electrons. The zero-order valence-electron chi connectivity index (χ0n) is 9.17. The van der Waals surface area contributed by atoms with E-state index >= 15 is 0 Å². The van der Waals surface area contributed by atoms with E-state index in [1.165, 1.54) is 11.1 Å². The Balaban J connectivity index is 2.88. The number of rotatable bonds is 3. The molecule has 1 radical (unpaired) electrons. The Kier molecular flexibility index (Phi) is 3.77. The van der Waals surface area contributed by atoms with E-state index in [-0.39, 0.29) is 5.92 Å². The lowest BCUT2D eigenvalue weighted by Crippen LogP contribution is -1.94. The van der Waals surface area contributed by atoms with Gasteiger partial charge in [0.2, 0.25) is 0 Å². The first-order valence-electron chi connectivity index (χ1n) is 5.21. The highest BCUT2D eigenvalue weighted by Crippen LogP contribution is 2.21. The Bertz CT molecular complexity index is 311. The minimum absolute atomic E-state index is 0.163. The molecule has 1 atom stereocenters. The standard InChI is InChI=1S/C14H17/c1-5-12(6-2)14-9-7-13(8-10-14)11(3)4/h7-12H,5H2,1,3-4H3. The summed E-state index contributed by atoms with van der Waals surface area (Å²) in [5.41, 5.74) is 2.56. The first-order chi connectivity index (χ1) is 6.69. The molecule has 1 aromatic carbocycles. The average Bonchev–Trinajstić information content (AvgIpc) is 2.20. The largest absolute Gasteiger partial charge is 0.0809 e. The van der Waals surface area contributed by atoms with Crippen LogP contribution < -0.4 is 0 Å². The van der Waals surface area contributed by atoms with Crippen molar-refractivity contribution in [2.75, 3.05) is 0 Å². The fourth-order valence-electron chi connectivity index (χ4n) is 1.53. The Labute approximate surface area is 87.4 Å². The van der Waals surface area contributed by atoms with E-state index in [0.29, 0.717) is 5.92 Å². The Morgan fingerprint density at radius 3 is 2.00 bits per heavy atom. The molecule has 0 bridgehead atoms. The molecular weight excluding hydrogens is 168 g/mol. The monoisotopic (exact) mass is 185 g/mol. The van der Waals surface area contributed by atoms with Crippen molar-refractivity contribution in [2.45, 2.75) is 39.0 Å². The van der Waals surface area contributed by atoms with Crippen LogP contribution in [-0.4, -0.2) is 0 Å². The van der Waals surface area contributed by atoms with Crippen molar-refractivity contribution in [3.05, 3.63) is 41.8 Å². The van der Waals surface area contributed by atoms with Gasteiger partial charge in [-0.2, -0.15) is 0 Å². The van der Waals surface area contributed by atoms with E-state index in [9.17, 15) is 0 Å². The first-order valence-corrected chi connectivity index (χ1v) is 5.21. The van der Waals surface area contributed by atoms with Crippen LogP contribution in [0.1, 0.15) is 50.2 Å². The van der Waals surface area contributed by atoms with Gasteiger partial charge < -0.3 is 0 Å². The van der Waals surface area contributed by atoms with Crippen LogP contribution >= 0.6 is 0 Å². The van der Waals surface area contributed by atoms with E-state index in [0.717, 1.165) is 6.42 Å². The summed E-state index contributed by atoms with van der Waals surface area (Å²) in [6.45, 7) is 6.46. The van der Waals surface area contributed by atoms with Gasteiger partial charge >= 0.3 is 0 Å². The smallest absolute Gasteiger partial charge is 0.0459 e. The summed E-state index contributed by atoms with van der Waals surface area (Å²) in [4.78, 5) is 0. The van der Waals surface area contributed by atoms with Gasteiger partial charge in [-0.1, -0.05) is 51.0 Å². The Morgan fingerprint density at radius 2 is 1.64 bits per heavy atom. The number of hydrogen-bond acceptors (Lipinski definition) is 0. The van der Waals surface area contributed by atoms with Crippen LogP contribution in [-0.2, 0) is 0 Å². The molecule has 1 unspecified atom stereocenters. The van der Waals surface area contributed by atoms with Crippen LogP contribution in [0.3, 0.4) is 0 Å². The third-order valence-electron chi connectivity index (χ3n) is 2.59. The minimum Gasteiger partial charge on any atom is -0.0809 e. The molecule has 0 spiro atoms. The molecule has 0 aliphatic heterocycles. The highest BCUT2D eigenvalue weighted by Gasteiger charge is 2.05. The molecule has 0 heteroatoms. The summed E-state index contributed by atoms with van der Waals surface area (Å²) >= 11 is 0. The molecule has 14 heavy (non-hydrogen) atoms. The summed E-state index contributed by atoms with van der Waals surface area (Å²) in [6, 6.07) is 8.54. The molecule has 0 aromatic heterocycles. The van der Waals surface area contributed by atoms with Crippen LogP contribution in [0.2, 0.25) is 0 Å². The molecule has 1 aromatic rings. The summed E-state index contributed by atoms with van der Waals surface area (Å²) in [6.07, 6.45) is 8.13. The van der Waals surface area contributed by atoms with E-state index in [1.807, 2.05) is 0 Å². The van der Waals surface area contributed by atoms with Gasteiger partial charge in [-0.05, 0) is 29.9 Å². The maximum Gasteiger partial charge on any atom is 0.0459 e. The van der Waals surface area contributed by atoms with E-state index in [2.05, 4.69) is 51.0 Å². The lowest BCUT2D eigenvalue weighted by atomic mass is 9.94. The molecule has 0 heterocycles. The fourth-order valence-corrected chi connectivity index (χ4v) is 1.53. The first kappa shape index (κ1) is 10.9. The summed E-state index contributed by atoms with van der Waals surface area (Å²) in [7, 11) is 0. The predicted octanol–water partition coefficient (Wildman–Crippen LogP) is 3.89. The quantitative estimate of drug-likeness (QED) is 0.627. The second-order valence-corrected chi connectivity index (χ2v) is 3.93. The third kappa shape index (κ3) is 2.39. The van der Waals surface area contributed by atoms with E-state index in [1.54, 1.807) is 0 Å². The van der Waals surface area contributed by atoms with Gasteiger partial charge in [0.05, 0.1) is 0 Å². The topological polar surface area (TPSA) is 0 Å². The van der Waals surface area contributed by atoms with Crippen molar-refractivity contribution in [1.82, 2.24) is 0 Å². The van der Waals surface area contributed by atoms with Crippen LogP contribution in [0.15, 0.2) is 24.3 Å².